The monoisotopic (exact) mass is 484 g/mol. The minimum Gasteiger partial charge on any atom is -0.481 e. The second-order valence-electron chi connectivity index (χ2n) is 9.81. The van der Waals surface area contributed by atoms with E-state index in [2.05, 4.69) is 22.9 Å². The number of aliphatic hydroxyl groups excluding tert-OH is 1. The van der Waals surface area contributed by atoms with Crippen LogP contribution in [0.2, 0.25) is 0 Å². The molecular formula is C30H32N2O4. The van der Waals surface area contributed by atoms with Gasteiger partial charge in [-0.2, -0.15) is 0 Å². The Balaban J connectivity index is 1.25. The number of hydrogen-bond donors (Lipinski definition) is 4. The predicted molar refractivity (Wildman–Crippen MR) is 140 cm³/mol. The topological polar surface area (TPSA) is 90.8 Å². The Kier molecular flexibility index (Phi) is 6.92. The number of nitrogens with one attached hydrogen (secondary N) is 2. The van der Waals surface area contributed by atoms with Crippen LogP contribution in [-0.2, 0) is 21.6 Å². The highest BCUT2D eigenvalue weighted by molar-refractivity contribution is 5.85. The molecule has 5 rings (SSSR count). The van der Waals surface area contributed by atoms with Gasteiger partial charge in [0.25, 0.3) is 0 Å². The average Bonchev–Trinajstić information content (AvgIpc) is 3.64. The summed E-state index contributed by atoms with van der Waals surface area (Å²) in [7, 11) is 0. The van der Waals surface area contributed by atoms with Crippen molar-refractivity contribution in [2.75, 3.05) is 6.54 Å². The fraction of sp³-hybridized carbons (Fsp3) is 0.300. The van der Waals surface area contributed by atoms with Crippen LogP contribution in [0.1, 0.15) is 42.9 Å². The van der Waals surface area contributed by atoms with Crippen molar-refractivity contribution in [3.63, 3.8) is 0 Å². The molecule has 1 aliphatic carbocycles. The van der Waals surface area contributed by atoms with Crippen LogP contribution in [-0.4, -0.2) is 34.9 Å². The third kappa shape index (κ3) is 5.07. The van der Waals surface area contributed by atoms with Crippen molar-refractivity contribution in [2.24, 2.45) is 0 Å². The van der Waals surface area contributed by atoms with Crippen LogP contribution < -0.4 is 10.8 Å². The van der Waals surface area contributed by atoms with Gasteiger partial charge in [-0.1, -0.05) is 78.9 Å². The Morgan fingerprint density at radius 1 is 1.00 bits per heavy atom. The summed E-state index contributed by atoms with van der Waals surface area (Å²) in [5.74, 6) is 0.0313. The Bertz CT molecular complexity index is 1230. The zero-order chi connectivity index (χ0) is 25.1. The third-order valence-corrected chi connectivity index (χ3v) is 7.24. The van der Waals surface area contributed by atoms with Gasteiger partial charge in [-0.15, -0.1) is 5.48 Å². The van der Waals surface area contributed by atoms with Crippen molar-refractivity contribution < 1.29 is 19.8 Å². The summed E-state index contributed by atoms with van der Waals surface area (Å²) in [6, 6.07) is 26.2. The molecule has 186 valence electrons. The molecule has 0 aromatic heterocycles. The summed E-state index contributed by atoms with van der Waals surface area (Å²) < 4.78 is 0. The normalized spacial score (nSPS) is 19.1. The molecule has 1 fully saturated rings. The van der Waals surface area contributed by atoms with E-state index in [-0.39, 0.29) is 6.04 Å². The lowest BCUT2D eigenvalue weighted by molar-refractivity contribution is -0.140. The summed E-state index contributed by atoms with van der Waals surface area (Å²) in [5.41, 5.74) is 8.51. The smallest absolute Gasteiger partial charge is 0.314 e. The quantitative estimate of drug-likeness (QED) is 0.335. The van der Waals surface area contributed by atoms with E-state index in [1.54, 1.807) is 0 Å². The van der Waals surface area contributed by atoms with E-state index in [1.807, 2.05) is 73.7 Å². The maximum Gasteiger partial charge on any atom is 0.314 e. The molecule has 0 amide bonds. The van der Waals surface area contributed by atoms with E-state index < -0.39 is 17.5 Å². The van der Waals surface area contributed by atoms with E-state index in [1.165, 1.54) is 5.56 Å². The first-order valence-electron chi connectivity index (χ1n) is 12.5. The van der Waals surface area contributed by atoms with Gasteiger partial charge in [0.05, 0.1) is 17.6 Å². The van der Waals surface area contributed by atoms with E-state index >= 15 is 0 Å². The zero-order valence-corrected chi connectivity index (χ0v) is 20.4. The minimum absolute atomic E-state index is 0.0139. The van der Waals surface area contributed by atoms with Gasteiger partial charge in [-0.05, 0) is 47.6 Å². The predicted octanol–water partition coefficient (Wildman–Crippen LogP) is 4.65. The fourth-order valence-electron chi connectivity index (χ4n) is 4.85. The van der Waals surface area contributed by atoms with Gasteiger partial charge < -0.3 is 20.4 Å². The van der Waals surface area contributed by atoms with Crippen molar-refractivity contribution >= 4 is 11.7 Å². The van der Waals surface area contributed by atoms with Crippen molar-refractivity contribution in [1.29, 1.82) is 0 Å². The summed E-state index contributed by atoms with van der Waals surface area (Å²) in [5, 5.41) is 23.5. The number of aliphatic carboxylic acids is 1. The molecule has 36 heavy (non-hydrogen) atoms. The van der Waals surface area contributed by atoms with Crippen LogP contribution in [0.4, 0.5) is 0 Å². The minimum atomic E-state index is -0.736. The van der Waals surface area contributed by atoms with E-state index in [4.69, 9.17) is 4.84 Å². The number of carboxylic acid groups (broad SMARTS) is 1. The van der Waals surface area contributed by atoms with Gasteiger partial charge in [-0.25, -0.2) is 0 Å². The molecule has 2 aliphatic rings. The summed E-state index contributed by atoms with van der Waals surface area (Å²) in [6.07, 6.45) is 1.40. The SMILES string of the molecule is CC1NOC(c2ccc(-c3ccc(C4(C(=O)O)CC4)cc3)cc2)=C1CC(O)CNCc1ccccc1. The van der Waals surface area contributed by atoms with E-state index in [0.29, 0.717) is 32.4 Å². The maximum atomic E-state index is 11.6. The standard InChI is InChI=1S/C30H32N2O4/c1-20-27(17-26(33)19-31-18-21-5-3-2-4-6-21)28(36-32-20)24-9-7-22(8-10-24)23-11-13-25(14-12-23)30(15-16-30)29(34)35/h2-14,20,26,31-33H,15-19H2,1H3,(H,34,35). The number of hydrogen-bond acceptors (Lipinski definition) is 5. The van der Waals surface area contributed by atoms with Crippen LogP contribution in [0.3, 0.4) is 0 Å². The van der Waals surface area contributed by atoms with Crippen LogP contribution in [0, 0.1) is 0 Å². The van der Waals surface area contributed by atoms with Crippen molar-refractivity contribution in [3.8, 4) is 11.1 Å². The van der Waals surface area contributed by atoms with Crippen molar-refractivity contribution in [2.45, 2.75) is 50.3 Å². The Hall–Kier alpha value is -3.45. The maximum absolute atomic E-state index is 11.6. The molecule has 0 radical (unpaired) electrons. The zero-order valence-electron chi connectivity index (χ0n) is 20.4. The molecule has 3 aromatic carbocycles. The molecule has 4 N–H and O–H groups in total. The fourth-order valence-corrected chi connectivity index (χ4v) is 4.85. The number of benzene rings is 3. The Morgan fingerprint density at radius 2 is 1.61 bits per heavy atom. The molecule has 1 saturated carbocycles. The van der Waals surface area contributed by atoms with Gasteiger partial charge in [0.2, 0.25) is 0 Å². The van der Waals surface area contributed by atoms with Crippen LogP contribution in [0.25, 0.3) is 16.9 Å². The molecular weight excluding hydrogens is 452 g/mol. The van der Waals surface area contributed by atoms with Gasteiger partial charge in [-0.3, -0.25) is 4.79 Å². The van der Waals surface area contributed by atoms with Gasteiger partial charge in [0.15, 0.2) is 5.76 Å². The van der Waals surface area contributed by atoms with Crippen LogP contribution in [0.5, 0.6) is 0 Å². The molecule has 0 saturated heterocycles. The Morgan fingerprint density at radius 3 is 2.22 bits per heavy atom. The highest BCUT2D eigenvalue weighted by Gasteiger charge is 2.51. The van der Waals surface area contributed by atoms with E-state index in [0.717, 1.165) is 33.6 Å². The summed E-state index contributed by atoms with van der Waals surface area (Å²) >= 11 is 0. The van der Waals surface area contributed by atoms with Crippen LogP contribution >= 0.6 is 0 Å². The molecule has 2 unspecified atom stereocenters. The molecule has 6 heteroatoms. The second kappa shape index (κ2) is 10.3. The first-order valence-corrected chi connectivity index (χ1v) is 12.5. The molecule has 0 bridgehead atoms. The first kappa shape index (κ1) is 24.3. The Labute approximate surface area is 211 Å². The summed E-state index contributed by atoms with van der Waals surface area (Å²) in [6.45, 7) is 3.25. The second-order valence-corrected chi connectivity index (χ2v) is 9.81. The lowest BCUT2D eigenvalue weighted by atomic mass is 9.93. The lowest BCUT2D eigenvalue weighted by Gasteiger charge is -2.15. The molecule has 1 aliphatic heterocycles. The lowest BCUT2D eigenvalue weighted by Crippen LogP contribution is -2.29. The van der Waals surface area contributed by atoms with E-state index in [9.17, 15) is 15.0 Å². The first-order chi connectivity index (χ1) is 17.5. The van der Waals surface area contributed by atoms with Crippen molar-refractivity contribution in [3.05, 3.63) is 101 Å². The number of aliphatic hydroxyl groups is 1. The number of carboxylic acids is 1. The number of hydroxylamine groups is 1. The third-order valence-electron chi connectivity index (χ3n) is 7.24. The molecule has 0 spiro atoms. The van der Waals surface area contributed by atoms with Gasteiger partial charge in [0, 0.05) is 25.1 Å². The number of rotatable bonds is 10. The molecule has 6 nitrogen and oxygen atoms in total. The molecule has 1 heterocycles. The van der Waals surface area contributed by atoms with Gasteiger partial charge >= 0.3 is 5.97 Å². The highest BCUT2D eigenvalue weighted by atomic mass is 16.7. The van der Waals surface area contributed by atoms with Crippen LogP contribution in [0.15, 0.2) is 84.4 Å². The summed E-state index contributed by atoms with van der Waals surface area (Å²) in [4.78, 5) is 17.4. The number of carbonyl (C=O) groups is 1. The molecule has 3 aromatic rings. The van der Waals surface area contributed by atoms with Gasteiger partial charge in [0.1, 0.15) is 0 Å². The van der Waals surface area contributed by atoms with Crippen molar-refractivity contribution in [1.82, 2.24) is 10.8 Å². The highest BCUT2D eigenvalue weighted by Crippen LogP contribution is 2.48. The molecule has 2 atom stereocenters. The average molecular weight is 485 g/mol. The largest absolute Gasteiger partial charge is 0.481 e.